The van der Waals surface area contributed by atoms with Crippen molar-refractivity contribution >= 4 is 51.1 Å². The lowest BCUT2D eigenvalue weighted by Crippen LogP contribution is -2.31. The summed E-state index contributed by atoms with van der Waals surface area (Å²) >= 11 is 0. The molecule has 0 saturated carbocycles. The van der Waals surface area contributed by atoms with E-state index in [1.54, 1.807) is 6.07 Å². The maximum atomic E-state index is 9.37. The van der Waals surface area contributed by atoms with Gasteiger partial charge < -0.3 is 20.3 Å². The highest BCUT2D eigenvalue weighted by atomic mass is 15.2. The number of nitrogens with one attached hydrogen (secondary N) is 2. The van der Waals surface area contributed by atoms with Crippen molar-refractivity contribution in [3.8, 4) is 18.2 Å². The molecule has 2 unspecified atom stereocenters. The maximum Gasteiger partial charge on any atom is 0.353 e. The number of amidine groups is 1. The highest BCUT2D eigenvalue weighted by Gasteiger charge is 2.39. The van der Waals surface area contributed by atoms with Crippen molar-refractivity contribution in [3.63, 3.8) is 0 Å². The van der Waals surface area contributed by atoms with E-state index < -0.39 is 12.2 Å². The van der Waals surface area contributed by atoms with E-state index in [9.17, 15) is 15.8 Å². The maximum absolute atomic E-state index is 9.37. The molecule has 0 aliphatic carbocycles. The van der Waals surface area contributed by atoms with Crippen LogP contribution in [0.15, 0.2) is 9.98 Å². The summed E-state index contributed by atoms with van der Waals surface area (Å²) in [6, 6.07) is 4.48. The van der Waals surface area contributed by atoms with E-state index in [1.807, 2.05) is 12.1 Å². The van der Waals surface area contributed by atoms with Crippen LogP contribution in [-0.4, -0.2) is 33.7 Å². The molecule has 4 rings (SSSR count). The van der Waals surface area contributed by atoms with Gasteiger partial charge in [-0.2, -0.15) is 15.8 Å². The number of benzene rings is 1. The van der Waals surface area contributed by atoms with Crippen molar-refractivity contribution in [3.05, 3.63) is 39.9 Å². The Kier molecular flexibility index (Phi) is 3.90. The number of nitrogens with zero attached hydrogens (tertiary/aromatic N) is 10. The van der Waals surface area contributed by atoms with Gasteiger partial charge in [-0.15, -0.1) is 9.98 Å². The second-order valence-electron chi connectivity index (χ2n) is 5.84. The molecule has 12 heteroatoms. The molecule has 1 aromatic heterocycles. The molecule has 0 saturated heterocycles. The van der Waals surface area contributed by atoms with Crippen LogP contribution in [0.5, 0.6) is 0 Å². The molecule has 1 aromatic carbocycles. The summed E-state index contributed by atoms with van der Waals surface area (Å²) in [5, 5.41) is 33.8. The zero-order valence-electron chi connectivity index (χ0n) is 14.6. The summed E-state index contributed by atoms with van der Waals surface area (Å²) in [6.45, 7) is 21.9. The van der Waals surface area contributed by atoms with E-state index in [1.165, 1.54) is 0 Å². The van der Waals surface area contributed by atoms with Crippen LogP contribution in [0, 0.1) is 53.7 Å². The van der Waals surface area contributed by atoms with Crippen LogP contribution >= 0.6 is 0 Å². The van der Waals surface area contributed by atoms with Gasteiger partial charge >= 0.3 is 17.8 Å². The molecule has 0 bridgehead atoms. The quantitative estimate of drug-likeness (QED) is 0.656. The van der Waals surface area contributed by atoms with E-state index in [4.69, 9.17) is 19.7 Å². The summed E-state index contributed by atoms with van der Waals surface area (Å²) in [7, 11) is 0. The van der Waals surface area contributed by atoms with Crippen molar-refractivity contribution in [2.24, 2.45) is 9.98 Å². The molecule has 0 spiro atoms. The SMILES string of the molecule is [C-]#[N+]C1=Nc2c3c(c4nc(C#N)c([N+]#[C-])nc4c2NC1[N+]#[C-])NC(C#N)C(C#N)=N3. The van der Waals surface area contributed by atoms with Gasteiger partial charge in [0.05, 0.1) is 11.8 Å². The fourth-order valence-corrected chi connectivity index (χ4v) is 3.01. The minimum Gasteiger partial charge on any atom is -0.361 e. The van der Waals surface area contributed by atoms with Crippen molar-refractivity contribution < 1.29 is 0 Å². The molecular formula is C18H4N12. The van der Waals surface area contributed by atoms with Crippen molar-refractivity contribution in [2.45, 2.75) is 12.2 Å². The Morgan fingerprint density at radius 2 is 1.57 bits per heavy atom. The van der Waals surface area contributed by atoms with Gasteiger partial charge in [-0.3, -0.25) is 4.85 Å². The number of aromatic nitrogens is 2. The Balaban J connectivity index is 2.21. The number of hydrogen-bond donors (Lipinski definition) is 2. The minimum absolute atomic E-state index is 0.117. The zero-order chi connectivity index (χ0) is 21.4. The highest BCUT2D eigenvalue weighted by molar-refractivity contribution is 6.20. The predicted octanol–water partition coefficient (Wildman–Crippen LogP) is 2.59. The van der Waals surface area contributed by atoms with E-state index in [0.717, 1.165) is 0 Å². The van der Waals surface area contributed by atoms with Crippen LogP contribution in [0.1, 0.15) is 5.69 Å². The van der Waals surface area contributed by atoms with Crippen LogP contribution in [0.2, 0.25) is 0 Å². The van der Waals surface area contributed by atoms with Gasteiger partial charge in [0, 0.05) is 0 Å². The number of rotatable bonds is 0. The van der Waals surface area contributed by atoms with Crippen LogP contribution in [0.4, 0.5) is 28.6 Å². The first-order chi connectivity index (χ1) is 14.6. The van der Waals surface area contributed by atoms with Crippen LogP contribution in [0.25, 0.3) is 25.6 Å². The summed E-state index contributed by atoms with van der Waals surface area (Å²) in [5.74, 6) is -0.385. The Hall–Kier alpha value is -5.56. The summed E-state index contributed by atoms with van der Waals surface area (Å²) in [4.78, 5) is 26.7. The topological polar surface area (TPSA) is 159 Å². The van der Waals surface area contributed by atoms with Crippen LogP contribution in [-0.2, 0) is 0 Å². The second-order valence-corrected chi connectivity index (χ2v) is 5.84. The summed E-state index contributed by atoms with van der Waals surface area (Å²) < 4.78 is 0. The first-order valence-electron chi connectivity index (χ1n) is 8.03. The third-order valence-electron chi connectivity index (χ3n) is 4.29. The molecule has 2 aromatic rings. The van der Waals surface area contributed by atoms with Crippen molar-refractivity contribution in [1.82, 2.24) is 9.97 Å². The Morgan fingerprint density at radius 1 is 0.867 bits per heavy atom. The number of hydrogen-bond acceptors (Lipinski definition) is 9. The molecule has 2 atom stereocenters. The molecule has 0 fully saturated rings. The molecule has 30 heavy (non-hydrogen) atoms. The zero-order valence-corrected chi connectivity index (χ0v) is 14.6. The standard InChI is InChI=1S/C18H4N12/c1-22-16-9(6-21)27-12-10-11(26-8(5-20)7(4-19)25-10)14-15(13(12)28-16)30-18(24-3)17(23-2)29-14/h7,18,25,30H. The molecular weight excluding hydrogens is 384 g/mol. The number of anilines is 2. The average molecular weight is 388 g/mol. The lowest BCUT2D eigenvalue weighted by Gasteiger charge is -2.23. The van der Waals surface area contributed by atoms with E-state index in [0.29, 0.717) is 0 Å². The summed E-state index contributed by atoms with van der Waals surface area (Å²) in [6.07, 6.45) is -1.09. The second kappa shape index (κ2) is 6.55. The molecule has 2 N–H and O–H groups in total. The molecule has 2 aliphatic rings. The minimum atomic E-state index is -1.09. The van der Waals surface area contributed by atoms with Gasteiger partial charge in [0.2, 0.25) is 11.2 Å². The molecule has 2 aliphatic heterocycles. The lowest BCUT2D eigenvalue weighted by atomic mass is 10.0. The fourth-order valence-electron chi connectivity index (χ4n) is 3.01. The Labute approximate surface area is 168 Å². The van der Waals surface area contributed by atoms with E-state index in [2.05, 4.69) is 45.1 Å². The fraction of sp³-hybridized carbons (Fsp3) is 0.111. The molecule has 136 valence electrons. The van der Waals surface area contributed by atoms with Gasteiger partial charge in [-0.25, -0.2) is 16.5 Å². The van der Waals surface area contributed by atoms with Gasteiger partial charge in [0.1, 0.15) is 29.0 Å². The Bertz CT molecular complexity index is 1360. The largest absolute Gasteiger partial charge is 0.361 e. The van der Waals surface area contributed by atoms with E-state index in [-0.39, 0.29) is 56.8 Å². The number of aliphatic imine (C=N–C) groups is 2. The Morgan fingerprint density at radius 3 is 2.17 bits per heavy atom. The van der Waals surface area contributed by atoms with Gasteiger partial charge in [0.15, 0.2) is 17.4 Å². The molecule has 0 radical (unpaired) electrons. The number of fused-ring (bicyclic) bond motifs is 6. The first-order valence-corrected chi connectivity index (χ1v) is 8.03. The van der Waals surface area contributed by atoms with Crippen LogP contribution in [0.3, 0.4) is 0 Å². The van der Waals surface area contributed by atoms with Crippen LogP contribution < -0.4 is 10.6 Å². The number of nitriles is 3. The van der Waals surface area contributed by atoms with Crippen molar-refractivity contribution in [1.29, 1.82) is 15.8 Å². The molecule has 3 heterocycles. The average Bonchev–Trinajstić information content (AvgIpc) is 2.81. The van der Waals surface area contributed by atoms with Gasteiger partial charge in [0.25, 0.3) is 0 Å². The summed E-state index contributed by atoms with van der Waals surface area (Å²) in [5.41, 5.74) is 0.503. The highest BCUT2D eigenvalue weighted by Crippen LogP contribution is 2.51. The first kappa shape index (κ1) is 17.8. The predicted molar refractivity (Wildman–Crippen MR) is 104 cm³/mol. The normalized spacial score (nSPS) is 18.1. The van der Waals surface area contributed by atoms with Crippen molar-refractivity contribution in [2.75, 3.05) is 10.6 Å². The monoisotopic (exact) mass is 388 g/mol. The molecule has 0 amide bonds. The molecule has 12 nitrogen and oxygen atoms in total. The third-order valence-corrected chi connectivity index (χ3v) is 4.29. The smallest absolute Gasteiger partial charge is 0.353 e. The van der Waals surface area contributed by atoms with E-state index >= 15 is 0 Å². The van der Waals surface area contributed by atoms with Gasteiger partial charge in [-0.05, 0) is 0 Å². The third kappa shape index (κ3) is 2.34. The van der Waals surface area contributed by atoms with Gasteiger partial charge in [-0.1, -0.05) is 13.1 Å². The lowest BCUT2D eigenvalue weighted by molar-refractivity contribution is 1.11.